The van der Waals surface area contributed by atoms with E-state index in [1.165, 1.54) is 5.69 Å². The van der Waals surface area contributed by atoms with Crippen LogP contribution in [0.15, 0.2) is 24.4 Å². The van der Waals surface area contributed by atoms with Crippen LogP contribution in [0.25, 0.3) is 10.9 Å². The highest BCUT2D eigenvalue weighted by Gasteiger charge is 2.22. The summed E-state index contributed by atoms with van der Waals surface area (Å²) in [5.74, 6) is 0.346. The molecule has 106 valence electrons. The molecule has 1 aromatic carbocycles. The van der Waals surface area contributed by atoms with Gasteiger partial charge in [-0.1, -0.05) is 13.8 Å². The molecule has 1 N–H and O–H groups in total. The lowest BCUT2D eigenvalue weighted by Gasteiger charge is -2.36. The molecule has 0 unspecified atom stereocenters. The first kappa shape index (κ1) is 13.0. The fourth-order valence-electron chi connectivity index (χ4n) is 2.68. The number of hydrogen-bond acceptors (Lipinski definition) is 3. The number of nitrogens with one attached hydrogen (secondary N) is 1. The molecule has 1 amide bonds. The van der Waals surface area contributed by atoms with Crippen LogP contribution in [0.4, 0.5) is 5.69 Å². The number of carbonyl (C=O) groups is 1. The normalized spacial score (nSPS) is 16.1. The van der Waals surface area contributed by atoms with Crippen LogP contribution in [-0.4, -0.2) is 47.2 Å². The summed E-state index contributed by atoms with van der Waals surface area (Å²) in [5, 5.41) is 8.14. The van der Waals surface area contributed by atoms with Crippen molar-refractivity contribution < 1.29 is 4.79 Å². The minimum Gasteiger partial charge on any atom is -0.368 e. The van der Waals surface area contributed by atoms with E-state index in [9.17, 15) is 4.79 Å². The minimum atomic E-state index is 0.0869. The molecule has 1 aliphatic heterocycles. The molecule has 5 heteroatoms. The van der Waals surface area contributed by atoms with Crippen LogP contribution in [0.2, 0.25) is 0 Å². The third kappa shape index (κ3) is 2.35. The Morgan fingerprint density at radius 1 is 1.25 bits per heavy atom. The first-order valence-corrected chi connectivity index (χ1v) is 7.12. The minimum absolute atomic E-state index is 0.0869. The van der Waals surface area contributed by atoms with Crippen molar-refractivity contribution in [3.63, 3.8) is 0 Å². The fraction of sp³-hybridized carbons (Fsp3) is 0.467. The largest absolute Gasteiger partial charge is 0.368 e. The summed E-state index contributed by atoms with van der Waals surface area (Å²) in [7, 11) is 0. The van der Waals surface area contributed by atoms with Gasteiger partial charge < -0.3 is 9.80 Å². The Morgan fingerprint density at radius 3 is 2.70 bits per heavy atom. The maximum Gasteiger partial charge on any atom is 0.225 e. The van der Waals surface area contributed by atoms with E-state index < -0.39 is 0 Å². The Labute approximate surface area is 118 Å². The first-order chi connectivity index (χ1) is 9.65. The van der Waals surface area contributed by atoms with Gasteiger partial charge in [-0.25, -0.2) is 0 Å². The van der Waals surface area contributed by atoms with Crippen molar-refractivity contribution in [2.24, 2.45) is 5.92 Å². The average Bonchev–Trinajstić information content (AvgIpc) is 2.94. The lowest BCUT2D eigenvalue weighted by molar-refractivity contribution is -0.134. The highest BCUT2D eigenvalue weighted by atomic mass is 16.2. The van der Waals surface area contributed by atoms with Crippen molar-refractivity contribution in [1.29, 1.82) is 0 Å². The highest BCUT2D eigenvalue weighted by molar-refractivity contribution is 5.82. The molecule has 3 rings (SSSR count). The first-order valence-electron chi connectivity index (χ1n) is 7.12. The molecule has 2 heterocycles. The summed E-state index contributed by atoms with van der Waals surface area (Å²) in [6, 6.07) is 6.32. The van der Waals surface area contributed by atoms with Crippen LogP contribution in [-0.2, 0) is 4.79 Å². The van der Waals surface area contributed by atoms with Gasteiger partial charge in [0.15, 0.2) is 0 Å². The topological polar surface area (TPSA) is 52.2 Å². The van der Waals surface area contributed by atoms with E-state index in [-0.39, 0.29) is 11.8 Å². The number of piperazine rings is 1. The number of rotatable bonds is 2. The highest BCUT2D eigenvalue weighted by Crippen LogP contribution is 2.22. The number of anilines is 1. The van der Waals surface area contributed by atoms with Gasteiger partial charge in [-0.3, -0.25) is 9.89 Å². The monoisotopic (exact) mass is 272 g/mol. The van der Waals surface area contributed by atoms with E-state index in [4.69, 9.17) is 0 Å². The van der Waals surface area contributed by atoms with Gasteiger partial charge in [0.1, 0.15) is 0 Å². The third-order valence-electron chi connectivity index (χ3n) is 3.87. The Balaban J connectivity index is 1.69. The van der Waals surface area contributed by atoms with Crippen molar-refractivity contribution in [1.82, 2.24) is 15.1 Å². The predicted molar refractivity (Wildman–Crippen MR) is 79.7 cm³/mol. The number of amides is 1. The number of nitrogens with zero attached hydrogens (tertiary/aromatic N) is 3. The molecule has 0 spiro atoms. The summed E-state index contributed by atoms with van der Waals surface area (Å²) in [4.78, 5) is 16.3. The van der Waals surface area contributed by atoms with Gasteiger partial charge in [-0.2, -0.15) is 5.10 Å². The Hall–Kier alpha value is -2.04. The lowest BCUT2D eigenvalue weighted by Crippen LogP contribution is -2.49. The molecule has 5 nitrogen and oxygen atoms in total. The zero-order valence-corrected chi connectivity index (χ0v) is 12.0. The van der Waals surface area contributed by atoms with E-state index in [0.29, 0.717) is 0 Å². The van der Waals surface area contributed by atoms with Crippen LogP contribution in [0, 0.1) is 5.92 Å². The maximum absolute atomic E-state index is 12.0. The molecule has 0 bridgehead atoms. The molecular weight excluding hydrogens is 252 g/mol. The van der Waals surface area contributed by atoms with Crippen molar-refractivity contribution in [3.8, 4) is 0 Å². The summed E-state index contributed by atoms with van der Waals surface area (Å²) in [5.41, 5.74) is 2.26. The van der Waals surface area contributed by atoms with E-state index in [1.54, 1.807) is 0 Å². The summed E-state index contributed by atoms with van der Waals surface area (Å²) in [6.45, 7) is 7.31. The third-order valence-corrected chi connectivity index (χ3v) is 3.87. The second-order valence-electron chi connectivity index (χ2n) is 5.61. The Morgan fingerprint density at radius 2 is 2.00 bits per heavy atom. The smallest absolute Gasteiger partial charge is 0.225 e. The zero-order valence-electron chi connectivity index (χ0n) is 12.0. The number of fused-ring (bicyclic) bond motifs is 1. The molecule has 0 saturated carbocycles. The van der Waals surface area contributed by atoms with Crippen LogP contribution < -0.4 is 4.90 Å². The van der Waals surface area contributed by atoms with Gasteiger partial charge in [0.05, 0.1) is 11.7 Å². The summed E-state index contributed by atoms with van der Waals surface area (Å²) in [6.07, 6.45) is 1.84. The molecule has 1 aromatic heterocycles. The molecule has 20 heavy (non-hydrogen) atoms. The number of aromatic nitrogens is 2. The number of benzene rings is 1. The van der Waals surface area contributed by atoms with Gasteiger partial charge in [-0.15, -0.1) is 0 Å². The van der Waals surface area contributed by atoms with Gasteiger partial charge in [-0.05, 0) is 18.2 Å². The number of aromatic amines is 1. The lowest BCUT2D eigenvalue weighted by atomic mass is 10.1. The van der Waals surface area contributed by atoms with Gasteiger partial charge in [0.2, 0.25) is 5.91 Å². The van der Waals surface area contributed by atoms with Gasteiger partial charge in [0.25, 0.3) is 0 Å². The number of H-pyrrole nitrogens is 1. The number of hydrogen-bond donors (Lipinski definition) is 1. The van der Waals surface area contributed by atoms with Crippen LogP contribution in [0.3, 0.4) is 0 Å². The molecule has 1 fully saturated rings. The van der Waals surface area contributed by atoms with Crippen LogP contribution in [0.5, 0.6) is 0 Å². The van der Waals surface area contributed by atoms with E-state index in [2.05, 4.69) is 33.3 Å². The Bertz CT molecular complexity index is 611. The molecule has 1 saturated heterocycles. The molecule has 1 aliphatic rings. The van der Waals surface area contributed by atoms with Crippen molar-refractivity contribution in [2.75, 3.05) is 31.1 Å². The molecule has 2 aromatic rings. The zero-order chi connectivity index (χ0) is 14.1. The maximum atomic E-state index is 12.0. The summed E-state index contributed by atoms with van der Waals surface area (Å²) < 4.78 is 0. The number of carbonyl (C=O) groups excluding carboxylic acids is 1. The van der Waals surface area contributed by atoms with Crippen molar-refractivity contribution in [2.45, 2.75) is 13.8 Å². The van der Waals surface area contributed by atoms with Crippen molar-refractivity contribution >= 4 is 22.5 Å². The van der Waals surface area contributed by atoms with Gasteiger partial charge in [0, 0.05) is 43.2 Å². The van der Waals surface area contributed by atoms with Crippen molar-refractivity contribution in [3.05, 3.63) is 24.4 Å². The molecule has 0 atom stereocenters. The van der Waals surface area contributed by atoms with Crippen LogP contribution in [0.1, 0.15) is 13.8 Å². The Kier molecular flexibility index (Phi) is 3.34. The quantitative estimate of drug-likeness (QED) is 0.908. The predicted octanol–water partition coefficient (Wildman–Crippen LogP) is 1.87. The van der Waals surface area contributed by atoms with Gasteiger partial charge >= 0.3 is 0 Å². The average molecular weight is 272 g/mol. The SMILES string of the molecule is CC(C)C(=O)N1CCN(c2ccc3[nH]ncc3c2)CC1. The molecule has 0 aliphatic carbocycles. The van der Waals surface area contributed by atoms with E-state index in [1.807, 2.05) is 24.9 Å². The standard InChI is InChI=1S/C15H20N4O/c1-11(2)15(20)19-7-5-18(6-8-19)13-3-4-14-12(9-13)10-16-17-14/h3-4,9-11H,5-8H2,1-2H3,(H,16,17). The molecule has 0 radical (unpaired) electrons. The van der Waals surface area contributed by atoms with Crippen LogP contribution >= 0.6 is 0 Å². The summed E-state index contributed by atoms with van der Waals surface area (Å²) >= 11 is 0. The van der Waals surface area contributed by atoms with E-state index in [0.717, 1.165) is 37.1 Å². The second-order valence-corrected chi connectivity index (χ2v) is 5.61. The van der Waals surface area contributed by atoms with E-state index >= 15 is 0 Å². The fourth-order valence-corrected chi connectivity index (χ4v) is 2.68. The molecular formula is C15H20N4O. The second kappa shape index (κ2) is 5.15.